The van der Waals surface area contributed by atoms with Crippen LogP contribution in [0.2, 0.25) is 0 Å². The average molecular weight is 268 g/mol. The van der Waals surface area contributed by atoms with Crippen LogP contribution in [0.25, 0.3) is 0 Å². The predicted octanol–water partition coefficient (Wildman–Crippen LogP) is 3.08. The third-order valence-corrected chi connectivity index (χ3v) is 3.03. The molecule has 1 fully saturated rings. The summed E-state index contributed by atoms with van der Waals surface area (Å²) >= 11 is 5.49. The summed E-state index contributed by atoms with van der Waals surface area (Å²) in [5, 5.41) is 3.48. The molecule has 0 bridgehead atoms. The van der Waals surface area contributed by atoms with Gasteiger partial charge >= 0.3 is 0 Å². The first-order valence-corrected chi connectivity index (χ1v) is 6.56. The molecule has 1 N–H and O–H groups in total. The van der Waals surface area contributed by atoms with Crippen molar-refractivity contribution in [2.24, 2.45) is 0 Å². The highest BCUT2D eigenvalue weighted by molar-refractivity contribution is 6.25. The first-order valence-electron chi connectivity index (χ1n) is 6.12. The van der Waals surface area contributed by atoms with Crippen molar-refractivity contribution in [1.82, 2.24) is 5.32 Å². The highest BCUT2D eigenvalue weighted by atomic mass is 35.5. The molecule has 0 unspecified atom stereocenters. The van der Waals surface area contributed by atoms with Gasteiger partial charge in [0.25, 0.3) is 0 Å². The molecule has 1 aromatic rings. The Morgan fingerprint density at radius 3 is 2.94 bits per heavy atom. The molecule has 1 aromatic carbocycles. The van der Waals surface area contributed by atoms with Gasteiger partial charge in [-0.25, -0.2) is 0 Å². The number of ether oxygens (including phenoxy) is 2. The zero-order valence-electron chi connectivity index (χ0n) is 10.5. The Morgan fingerprint density at radius 2 is 2.28 bits per heavy atom. The highest BCUT2D eigenvalue weighted by Crippen LogP contribution is 2.31. The fraction of sp³-hybridized carbons (Fsp3) is 0.429. The summed E-state index contributed by atoms with van der Waals surface area (Å²) in [6.07, 6.45) is 4.30. The van der Waals surface area contributed by atoms with Crippen LogP contribution < -0.4 is 14.8 Å². The smallest absolute Gasteiger partial charge is 0.166 e. The largest absolute Gasteiger partial charge is 0.493 e. The van der Waals surface area contributed by atoms with Crippen LogP contribution in [0.3, 0.4) is 0 Å². The lowest BCUT2D eigenvalue weighted by Gasteiger charge is -2.14. The fourth-order valence-corrected chi connectivity index (χ4v) is 1.81. The van der Waals surface area contributed by atoms with Gasteiger partial charge in [0, 0.05) is 23.7 Å². The van der Waals surface area contributed by atoms with Crippen LogP contribution in [0.4, 0.5) is 0 Å². The predicted molar refractivity (Wildman–Crippen MR) is 73.3 cm³/mol. The molecule has 1 saturated carbocycles. The molecule has 0 aromatic heterocycles. The average Bonchev–Trinajstić information content (AvgIpc) is 3.21. The molecule has 2 rings (SSSR count). The Hall–Kier alpha value is -1.19. The summed E-state index contributed by atoms with van der Waals surface area (Å²) in [7, 11) is 1.65. The molecule has 1 aliphatic rings. The molecule has 18 heavy (non-hydrogen) atoms. The van der Waals surface area contributed by atoms with Gasteiger partial charge in [-0.3, -0.25) is 0 Å². The van der Waals surface area contributed by atoms with E-state index in [1.54, 1.807) is 13.2 Å². The van der Waals surface area contributed by atoms with E-state index in [1.165, 1.54) is 18.4 Å². The minimum Gasteiger partial charge on any atom is -0.493 e. The second-order valence-electron chi connectivity index (χ2n) is 4.28. The van der Waals surface area contributed by atoms with Crippen molar-refractivity contribution >= 4 is 11.6 Å². The molecule has 1 aliphatic carbocycles. The minimum absolute atomic E-state index is 0.445. The maximum absolute atomic E-state index is 5.72. The van der Waals surface area contributed by atoms with E-state index in [9.17, 15) is 0 Å². The van der Waals surface area contributed by atoms with E-state index in [0.29, 0.717) is 12.6 Å². The monoisotopic (exact) mass is 267 g/mol. The SMILES string of the molecule is COc1cccc(CNC2CC2)c1OC/C=C/Cl. The minimum atomic E-state index is 0.445. The molecule has 0 spiro atoms. The Bertz CT molecular complexity index is 416. The van der Waals surface area contributed by atoms with Gasteiger partial charge in [-0.2, -0.15) is 0 Å². The van der Waals surface area contributed by atoms with E-state index in [-0.39, 0.29) is 0 Å². The molecule has 0 saturated heterocycles. The Labute approximate surface area is 113 Å². The number of hydrogen-bond acceptors (Lipinski definition) is 3. The van der Waals surface area contributed by atoms with Gasteiger partial charge in [-0.15, -0.1) is 0 Å². The molecule has 0 atom stereocenters. The van der Waals surface area contributed by atoms with Gasteiger partial charge in [0.05, 0.1) is 7.11 Å². The standard InChI is InChI=1S/C14H18ClNO2/c1-17-13-5-2-4-11(10-16-12-6-7-12)14(13)18-9-3-8-15/h2-5,8,12,16H,6-7,9-10H2,1H3/b8-3+. The quantitative estimate of drug-likeness (QED) is 0.824. The lowest BCUT2D eigenvalue weighted by atomic mass is 10.2. The van der Waals surface area contributed by atoms with E-state index in [1.807, 2.05) is 12.1 Å². The summed E-state index contributed by atoms with van der Waals surface area (Å²) < 4.78 is 11.0. The van der Waals surface area contributed by atoms with Gasteiger partial charge < -0.3 is 14.8 Å². The lowest BCUT2D eigenvalue weighted by molar-refractivity contribution is 0.322. The number of nitrogens with one attached hydrogen (secondary N) is 1. The Balaban J connectivity index is 2.08. The van der Waals surface area contributed by atoms with Crippen molar-refractivity contribution < 1.29 is 9.47 Å². The molecular weight excluding hydrogens is 250 g/mol. The van der Waals surface area contributed by atoms with Crippen LogP contribution in [-0.4, -0.2) is 19.8 Å². The van der Waals surface area contributed by atoms with Crippen LogP contribution in [0.15, 0.2) is 29.8 Å². The van der Waals surface area contributed by atoms with Gasteiger partial charge in [0.1, 0.15) is 6.61 Å². The van der Waals surface area contributed by atoms with E-state index in [0.717, 1.165) is 23.6 Å². The van der Waals surface area contributed by atoms with E-state index in [4.69, 9.17) is 21.1 Å². The zero-order chi connectivity index (χ0) is 12.8. The Kier molecular flexibility index (Phi) is 4.90. The van der Waals surface area contributed by atoms with Gasteiger partial charge in [0.15, 0.2) is 11.5 Å². The van der Waals surface area contributed by atoms with Crippen molar-refractivity contribution in [1.29, 1.82) is 0 Å². The maximum Gasteiger partial charge on any atom is 0.166 e. The van der Waals surface area contributed by atoms with Crippen LogP contribution in [0.1, 0.15) is 18.4 Å². The van der Waals surface area contributed by atoms with E-state index >= 15 is 0 Å². The number of rotatable bonds is 7. The van der Waals surface area contributed by atoms with E-state index in [2.05, 4.69) is 11.4 Å². The summed E-state index contributed by atoms with van der Waals surface area (Å²) in [4.78, 5) is 0. The summed E-state index contributed by atoms with van der Waals surface area (Å²) in [6.45, 7) is 1.25. The van der Waals surface area contributed by atoms with Crippen LogP contribution >= 0.6 is 11.6 Å². The molecule has 0 radical (unpaired) electrons. The molecule has 98 valence electrons. The molecular formula is C14H18ClNO2. The molecule has 3 nitrogen and oxygen atoms in total. The second-order valence-corrected chi connectivity index (χ2v) is 4.53. The van der Waals surface area contributed by atoms with Crippen LogP contribution in [0.5, 0.6) is 11.5 Å². The van der Waals surface area contributed by atoms with Gasteiger partial charge in [-0.05, 0) is 25.0 Å². The normalized spacial score (nSPS) is 15.0. The number of benzene rings is 1. The number of para-hydroxylation sites is 1. The second kappa shape index (κ2) is 6.66. The van der Waals surface area contributed by atoms with Crippen LogP contribution in [-0.2, 0) is 6.54 Å². The van der Waals surface area contributed by atoms with Crippen molar-refractivity contribution in [2.45, 2.75) is 25.4 Å². The number of hydrogen-bond donors (Lipinski definition) is 1. The van der Waals surface area contributed by atoms with Gasteiger partial charge in [0.2, 0.25) is 0 Å². The number of halogens is 1. The van der Waals surface area contributed by atoms with Crippen LogP contribution in [0, 0.1) is 0 Å². The first-order chi connectivity index (χ1) is 8.85. The van der Waals surface area contributed by atoms with Crippen molar-refractivity contribution in [3.8, 4) is 11.5 Å². The summed E-state index contributed by atoms with van der Waals surface area (Å²) in [5.41, 5.74) is 2.57. The molecule has 0 aliphatic heterocycles. The third kappa shape index (κ3) is 3.65. The number of methoxy groups -OCH3 is 1. The summed E-state index contributed by atoms with van der Waals surface area (Å²) in [6, 6.07) is 6.61. The molecule has 0 heterocycles. The summed E-state index contributed by atoms with van der Waals surface area (Å²) in [5.74, 6) is 1.55. The topological polar surface area (TPSA) is 30.5 Å². The van der Waals surface area contributed by atoms with E-state index < -0.39 is 0 Å². The van der Waals surface area contributed by atoms with Crippen molar-refractivity contribution in [2.75, 3.05) is 13.7 Å². The van der Waals surface area contributed by atoms with Crippen molar-refractivity contribution in [3.05, 3.63) is 35.4 Å². The lowest BCUT2D eigenvalue weighted by Crippen LogP contribution is -2.16. The van der Waals surface area contributed by atoms with Gasteiger partial charge in [-0.1, -0.05) is 23.7 Å². The molecule has 0 amide bonds. The maximum atomic E-state index is 5.72. The first kappa shape index (κ1) is 13.2. The van der Waals surface area contributed by atoms with Crippen molar-refractivity contribution in [3.63, 3.8) is 0 Å². The molecule has 4 heteroatoms. The zero-order valence-corrected chi connectivity index (χ0v) is 11.2. The Morgan fingerprint density at radius 1 is 1.44 bits per heavy atom. The highest BCUT2D eigenvalue weighted by Gasteiger charge is 2.21. The fourth-order valence-electron chi connectivity index (χ4n) is 1.73. The third-order valence-electron chi connectivity index (χ3n) is 2.85.